The van der Waals surface area contributed by atoms with E-state index in [4.69, 9.17) is 5.84 Å². The molecular weight excluding hydrogens is 148 g/mol. The summed E-state index contributed by atoms with van der Waals surface area (Å²) >= 11 is 0. The number of hydrogen-bond donors (Lipinski definition) is 4. The molecule has 0 unspecified atom stereocenters. The molecule has 0 bridgehead atoms. The second-order valence-electron chi connectivity index (χ2n) is 2.04. The van der Waals surface area contributed by atoms with E-state index < -0.39 is 0 Å². The van der Waals surface area contributed by atoms with Gasteiger partial charge in [0.25, 0.3) is 5.91 Å². The number of rotatable bonds is 2. The third kappa shape index (κ3) is 1.79. The van der Waals surface area contributed by atoms with Crippen LogP contribution in [0.2, 0.25) is 0 Å². The van der Waals surface area contributed by atoms with E-state index in [0.717, 1.165) is 0 Å². The van der Waals surface area contributed by atoms with Gasteiger partial charge < -0.3 is 0 Å². The van der Waals surface area contributed by atoms with E-state index in [-0.39, 0.29) is 12.5 Å². The van der Waals surface area contributed by atoms with E-state index in [1.165, 1.54) is 5.01 Å². The Morgan fingerprint density at radius 2 is 2.64 bits per heavy atom. The van der Waals surface area contributed by atoms with Gasteiger partial charge in [-0.1, -0.05) is 0 Å². The molecule has 0 spiro atoms. The summed E-state index contributed by atoms with van der Waals surface area (Å²) in [5, 5.41) is 5.30. The molecule has 1 rings (SSSR count). The van der Waals surface area contributed by atoms with Gasteiger partial charge in [-0.15, -0.1) is 10.6 Å². The van der Waals surface area contributed by atoms with Crippen molar-refractivity contribution in [1.82, 2.24) is 21.5 Å². The number of nitrogens with two attached hydrogens (primary N) is 1. The first-order chi connectivity index (χ1) is 5.24. The average molecular weight is 158 g/mol. The van der Waals surface area contributed by atoms with Crippen LogP contribution in [0.1, 0.15) is 6.92 Å². The van der Waals surface area contributed by atoms with Crippen LogP contribution in [0.4, 0.5) is 0 Å². The minimum absolute atomic E-state index is 0.138. The molecule has 0 saturated heterocycles. The van der Waals surface area contributed by atoms with Crippen LogP contribution in [0.15, 0.2) is 5.10 Å². The van der Waals surface area contributed by atoms with Crippen molar-refractivity contribution in [3.63, 3.8) is 0 Å². The second-order valence-corrected chi connectivity index (χ2v) is 2.04. The fourth-order valence-electron chi connectivity index (χ4n) is 0.651. The number of hydrogen-bond acceptors (Lipinski definition) is 6. The van der Waals surface area contributed by atoms with Crippen molar-refractivity contribution in [3.05, 3.63) is 0 Å². The minimum Gasteiger partial charge on any atom is -0.293 e. The Bertz CT molecular complexity index is 189. The zero-order valence-corrected chi connectivity index (χ0v) is 6.09. The zero-order chi connectivity index (χ0) is 8.27. The molecule has 1 aliphatic rings. The van der Waals surface area contributed by atoms with Gasteiger partial charge in [-0.2, -0.15) is 0 Å². The van der Waals surface area contributed by atoms with Gasteiger partial charge in [0.2, 0.25) is 0 Å². The van der Waals surface area contributed by atoms with Crippen molar-refractivity contribution in [2.75, 3.05) is 6.54 Å². The van der Waals surface area contributed by atoms with Gasteiger partial charge in [0.1, 0.15) is 12.4 Å². The maximum atomic E-state index is 10.7. The van der Waals surface area contributed by atoms with E-state index in [2.05, 4.69) is 16.2 Å². The monoisotopic (exact) mass is 158 g/mol. The van der Waals surface area contributed by atoms with E-state index in [1.807, 2.05) is 5.43 Å². The van der Waals surface area contributed by atoms with E-state index in [0.29, 0.717) is 5.84 Å². The summed E-state index contributed by atoms with van der Waals surface area (Å²) in [4.78, 5) is 10.7. The molecule has 0 aliphatic carbocycles. The lowest BCUT2D eigenvalue weighted by atomic mass is 10.5. The molecule has 0 atom stereocenters. The van der Waals surface area contributed by atoms with Gasteiger partial charge in [-0.3, -0.25) is 15.2 Å². The molecule has 62 valence electrons. The second kappa shape index (κ2) is 3.17. The molecule has 7 nitrogen and oxygen atoms in total. The molecule has 0 radical (unpaired) electrons. The van der Waals surface area contributed by atoms with Crippen LogP contribution in [0.25, 0.3) is 0 Å². The van der Waals surface area contributed by atoms with Crippen LogP contribution in [0.5, 0.6) is 0 Å². The summed E-state index contributed by atoms with van der Waals surface area (Å²) in [5.74, 6) is 5.29. The Morgan fingerprint density at radius 1 is 1.91 bits per heavy atom. The maximum absolute atomic E-state index is 10.7. The van der Waals surface area contributed by atoms with Gasteiger partial charge in [0.05, 0.1) is 0 Å². The van der Waals surface area contributed by atoms with Gasteiger partial charge >= 0.3 is 0 Å². The number of amides is 1. The molecule has 0 aromatic rings. The lowest BCUT2D eigenvalue weighted by molar-refractivity contribution is -0.122. The summed E-state index contributed by atoms with van der Waals surface area (Å²) in [5.41, 5.74) is 7.14. The number of nitrogens with zero attached hydrogens (tertiary/aromatic N) is 2. The number of hydrazine groups is 3. The molecule has 1 aliphatic heterocycles. The molecule has 1 heterocycles. The minimum atomic E-state index is -0.282. The van der Waals surface area contributed by atoms with Crippen LogP contribution in [-0.2, 0) is 4.79 Å². The zero-order valence-electron chi connectivity index (χ0n) is 6.09. The first-order valence-corrected chi connectivity index (χ1v) is 3.06. The van der Waals surface area contributed by atoms with E-state index >= 15 is 0 Å². The predicted molar refractivity (Wildman–Crippen MR) is 38.4 cm³/mol. The first kappa shape index (κ1) is 7.76. The van der Waals surface area contributed by atoms with E-state index in [9.17, 15) is 4.79 Å². The van der Waals surface area contributed by atoms with Crippen molar-refractivity contribution >= 4 is 11.7 Å². The normalized spacial score (nSPS) is 15.8. The van der Waals surface area contributed by atoms with Gasteiger partial charge in [-0.25, -0.2) is 11.4 Å². The van der Waals surface area contributed by atoms with Crippen LogP contribution in [-0.4, -0.2) is 23.3 Å². The fraction of sp³-hybridized carbons (Fsp3) is 0.500. The quantitative estimate of drug-likeness (QED) is 0.205. The molecule has 0 saturated carbocycles. The molecule has 0 aromatic carbocycles. The Labute approximate surface area is 63.5 Å². The molecule has 5 N–H and O–H groups in total. The summed E-state index contributed by atoms with van der Waals surface area (Å²) < 4.78 is 0. The lowest BCUT2D eigenvalue weighted by Gasteiger charge is -2.14. The first-order valence-electron chi connectivity index (χ1n) is 3.06. The van der Waals surface area contributed by atoms with Crippen molar-refractivity contribution in [2.45, 2.75) is 6.92 Å². The highest BCUT2D eigenvalue weighted by molar-refractivity contribution is 5.86. The molecule has 7 heteroatoms. The average Bonchev–Trinajstić information content (AvgIpc) is 2.37. The largest absolute Gasteiger partial charge is 0.293 e. The van der Waals surface area contributed by atoms with Crippen molar-refractivity contribution in [2.24, 2.45) is 10.9 Å². The molecule has 11 heavy (non-hydrogen) atoms. The maximum Gasteiger partial charge on any atom is 0.255 e. The number of carbonyl (C=O) groups is 1. The SMILES string of the molecule is CC1=NNNN1CC(=O)NN. The van der Waals surface area contributed by atoms with Crippen LogP contribution in [0, 0.1) is 0 Å². The van der Waals surface area contributed by atoms with Crippen molar-refractivity contribution < 1.29 is 4.79 Å². The third-order valence-corrected chi connectivity index (χ3v) is 1.26. The number of nitrogens with one attached hydrogen (secondary N) is 3. The van der Waals surface area contributed by atoms with Gasteiger partial charge in [-0.05, 0) is 6.92 Å². The summed E-state index contributed by atoms with van der Waals surface area (Å²) in [6.07, 6.45) is 0. The van der Waals surface area contributed by atoms with Crippen LogP contribution in [0.3, 0.4) is 0 Å². The molecule has 1 amide bonds. The van der Waals surface area contributed by atoms with Crippen LogP contribution >= 0.6 is 0 Å². The Kier molecular flexibility index (Phi) is 2.24. The van der Waals surface area contributed by atoms with Crippen molar-refractivity contribution in [1.29, 1.82) is 0 Å². The number of amidine groups is 1. The number of hydrazone groups is 1. The van der Waals surface area contributed by atoms with Gasteiger partial charge in [0, 0.05) is 0 Å². The van der Waals surface area contributed by atoms with Crippen LogP contribution < -0.4 is 22.3 Å². The predicted octanol–water partition coefficient (Wildman–Crippen LogP) is -2.37. The third-order valence-electron chi connectivity index (χ3n) is 1.26. The summed E-state index contributed by atoms with van der Waals surface area (Å²) in [6, 6.07) is 0. The lowest BCUT2D eigenvalue weighted by Crippen LogP contribution is -2.47. The van der Waals surface area contributed by atoms with E-state index in [1.54, 1.807) is 6.92 Å². The molecule has 0 fully saturated rings. The Morgan fingerprint density at radius 3 is 3.09 bits per heavy atom. The molecular formula is C4H10N6O. The fourth-order valence-corrected chi connectivity index (χ4v) is 0.651. The van der Waals surface area contributed by atoms with Crippen molar-refractivity contribution in [3.8, 4) is 0 Å². The standard InChI is InChI=1S/C4H10N6O/c1-3-7-8-9-10(3)2-4(11)6-5/h8-9H,2,5H2,1H3,(H,6,11). The highest BCUT2D eigenvalue weighted by Gasteiger charge is 2.14. The highest BCUT2D eigenvalue weighted by Crippen LogP contribution is 1.89. The van der Waals surface area contributed by atoms with Gasteiger partial charge in [0.15, 0.2) is 0 Å². The highest BCUT2D eigenvalue weighted by atomic mass is 16.2. The Hall–Kier alpha value is -1.34. The Balaban J connectivity index is 2.38. The summed E-state index contributed by atoms with van der Waals surface area (Å²) in [6.45, 7) is 1.90. The smallest absolute Gasteiger partial charge is 0.255 e. The topological polar surface area (TPSA) is 94.8 Å². The summed E-state index contributed by atoms with van der Waals surface area (Å²) in [7, 11) is 0. The molecule has 0 aromatic heterocycles. The number of carbonyl (C=O) groups excluding carboxylic acids is 1.